The molecule has 0 aliphatic heterocycles. The van der Waals surface area contributed by atoms with Gasteiger partial charge in [-0.2, -0.15) is 0 Å². The quantitative estimate of drug-likeness (QED) is 0.696. The van der Waals surface area contributed by atoms with Crippen LogP contribution >= 0.6 is 0 Å². The van der Waals surface area contributed by atoms with Crippen LogP contribution in [0.15, 0.2) is 36.7 Å². The normalized spacial score (nSPS) is 11.2. The van der Waals surface area contributed by atoms with E-state index in [1.54, 1.807) is 0 Å². The molecule has 0 aliphatic carbocycles. The van der Waals surface area contributed by atoms with Crippen molar-refractivity contribution in [1.82, 2.24) is 9.55 Å². The number of hydrogen-bond donors (Lipinski definition) is 0. The number of rotatable bonds is 8. The molecule has 0 saturated heterocycles. The van der Waals surface area contributed by atoms with Gasteiger partial charge in [-0.25, -0.2) is 4.98 Å². The molecule has 4 nitrogen and oxygen atoms in total. The van der Waals surface area contributed by atoms with E-state index in [4.69, 9.17) is 9.47 Å². The molecule has 0 radical (unpaired) electrons. The van der Waals surface area contributed by atoms with Gasteiger partial charge < -0.3 is 14.0 Å². The van der Waals surface area contributed by atoms with E-state index in [1.807, 2.05) is 38.4 Å². The Morgan fingerprint density at radius 1 is 1.10 bits per heavy atom. The summed E-state index contributed by atoms with van der Waals surface area (Å²) < 4.78 is 13.3. The van der Waals surface area contributed by atoms with Crippen LogP contribution in [-0.2, 0) is 16.0 Å². The summed E-state index contributed by atoms with van der Waals surface area (Å²) in [4.78, 5) is 4.54. The van der Waals surface area contributed by atoms with E-state index < -0.39 is 0 Å². The first kappa shape index (κ1) is 15.7. The number of imidazole rings is 1. The van der Waals surface area contributed by atoms with Gasteiger partial charge >= 0.3 is 0 Å². The van der Waals surface area contributed by atoms with Crippen molar-refractivity contribution < 1.29 is 9.47 Å². The van der Waals surface area contributed by atoms with Crippen molar-refractivity contribution in [2.45, 2.75) is 40.0 Å². The van der Waals surface area contributed by atoms with Gasteiger partial charge in [0.1, 0.15) is 0 Å². The van der Waals surface area contributed by atoms with Crippen molar-refractivity contribution in [2.24, 2.45) is 0 Å². The van der Waals surface area contributed by atoms with Gasteiger partial charge in [-0.3, -0.25) is 0 Å². The van der Waals surface area contributed by atoms with Crippen LogP contribution in [0.2, 0.25) is 0 Å². The van der Waals surface area contributed by atoms with Crippen LogP contribution in [-0.4, -0.2) is 29.1 Å². The van der Waals surface area contributed by atoms with Crippen molar-refractivity contribution in [1.29, 1.82) is 0 Å². The number of nitrogens with zero attached hydrogens (tertiary/aromatic N) is 2. The number of aromatic nitrogens is 2. The van der Waals surface area contributed by atoms with E-state index in [2.05, 4.69) is 28.6 Å². The predicted molar refractivity (Wildman–Crippen MR) is 84.1 cm³/mol. The second-order valence-corrected chi connectivity index (χ2v) is 4.87. The summed E-state index contributed by atoms with van der Waals surface area (Å²) in [7, 11) is 0. The van der Waals surface area contributed by atoms with Crippen LogP contribution in [0.25, 0.3) is 11.3 Å². The van der Waals surface area contributed by atoms with Crippen LogP contribution in [0.5, 0.6) is 0 Å². The number of ether oxygens (including phenoxy) is 2. The second kappa shape index (κ2) is 7.96. The molecule has 0 bridgehead atoms. The lowest BCUT2D eigenvalue weighted by Crippen LogP contribution is -2.19. The molecule has 1 aromatic heterocycles. The van der Waals surface area contributed by atoms with Gasteiger partial charge in [0, 0.05) is 37.4 Å². The highest BCUT2D eigenvalue weighted by molar-refractivity contribution is 5.61. The fourth-order valence-corrected chi connectivity index (χ4v) is 2.38. The van der Waals surface area contributed by atoms with E-state index in [0.717, 1.165) is 24.2 Å². The van der Waals surface area contributed by atoms with Gasteiger partial charge in [0.05, 0.1) is 12.0 Å². The first-order chi connectivity index (χ1) is 10.3. The minimum atomic E-state index is -0.137. The maximum Gasteiger partial charge on any atom is 0.159 e. The summed E-state index contributed by atoms with van der Waals surface area (Å²) in [6.45, 7) is 8.26. The minimum Gasteiger partial charge on any atom is -0.353 e. The highest BCUT2D eigenvalue weighted by Gasteiger charge is 2.12. The third-order valence-corrected chi connectivity index (χ3v) is 3.46. The zero-order valence-corrected chi connectivity index (χ0v) is 13.1. The lowest BCUT2D eigenvalue weighted by atomic mass is 10.1. The largest absolute Gasteiger partial charge is 0.353 e. The molecule has 0 N–H and O–H groups in total. The summed E-state index contributed by atoms with van der Waals surface area (Å²) in [5.41, 5.74) is 3.37. The Labute approximate surface area is 126 Å². The Kier molecular flexibility index (Phi) is 5.96. The standard InChI is InChI=1S/C17H24N2O2/c1-4-20-16(21-5-2)11-12-19-13-18-17(14(19)3)15-9-7-6-8-10-15/h6-10,13,16H,4-5,11-12H2,1-3H3. The SMILES string of the molecule is CCOC(CCn1cnc(-c2ccccc2)c1C)OCC. The Morgan fingerprint density at radius 3 is 2.38 bits per heavy atom. The number of benzene rings is 1. The molecule has 4 heteroatoms. The summed E-state index contributed by atoms with van der Waals surface area (Å²) in [5.74, 6) is 0. The summed E-state index contributed by atoms with van der Waals surface area (Å²) in [6, 6.07) is 10.3. The molecular formula is C17H24N2O2. The van der Waals surface area contributed by atoms with Gasteiger partial charge in [0.15, 0.2) is 6.29 Å². The van der Waals surface area contributed by atoms with Crippen LogP contribution in [0.3, 0.4) is 0 Å². The third kappa shape index (κ3) is 4.16. The van der Waals surface area contributed by atoms with Crippen molar-refractivity contribution in [3.05, 3.63) is 42.4 Å². The first-order valence-corrected chi connectivity index (χ1v) is 7.56. The van der Waals surface area contributed by atoms with E-state index in [-0.39, 0.29) is 6.29 Å². The topological polar surface area (TPSA) is 36.3 Å². The Bertz CT molecular complexity index is 531. The average molecular weight is 288 g/mol. The summed E-state index contributed by atoms with van der Waals surface area (Å²) in [5, 5.41) is 0. The highest BCUT2D eigenvalue weighted by Crippen LogP contribution is 2.21. The molecule has 0 atom stereocenters. The Morgan fingerprint density at radius 2 is 1.76 bits per heavy atom. The van der Waals surface area contributed by atoms with Crippen molar-refractivity contribution in [3.63, 3.8) is 0 Å². The summed E-state index contributed by atoms with van der Waals surface area (Å²) in [6.07, 6.45) is 2.58. The molecule has 0 unspecified atom stereocenters. The molecule has 2 aromatic rings. The molecule has 0 aliphatic rings. The van der Waals surface area contributed by atoms with E-state index in [1.165, 1.54) is 5.69 Å². The highest BCUT2D eigenvalue weighted by atomic mass is 16.7. The van der Waals surface area contributed by atoms with E-state index in [0.29, 0.717) is 13.2 Å². The molecule has 0 saturated carbocycles. The van der Waals surface area contributed by atoms with Crippen LogP contribution in [0, 0.1) is 6.92 Å². The molecule has 0 spiro atoms. The lowest BCUT2D eigenvalue weighted by molar-refractivity contribution is -0.140. The molecule has 2 rings (SSSR count). The summed E-state index contributed by atoms with van der Waals surface area (Å²) >= 11 is 0. The van der Waals surface area contributed by atoms with Crippen molar-refractivity contribution in [3.8, 4) is 11.3 Å². The molecule has 21 heavy (non-hydrogen) atoms. The Balaban J connectivity index is 2.03. The number of aryl methyl sites for hydroxylation is 1. The van der Waals surface area contributed by atoms with Gasteiger partial charge in [-0.15, -0.1) is 0 Å². The van der Waals surface area contributed by atoms with Crippen molar-refractivity contribution >= 4 is 0 Å². The van der Waals surface area contributed by atoms with Crippen molar-refractivity contribution in [2.75, 3.05) is 13.2 Å². The molecular weight excluding hydrogens is 264 g/mol. The van der Waals surface area contributed by atoms with Crippen LogP contribution in [0.4, 0.5) is 0 Å². The minimum absolute atomic E-state index is 0.137. The smallest absolute Gasteiger partial charge is 0.159 e. The van der Waals surface area contributed by atoms with Crippen LogP contribution in [0.1, 0.15) is 26.0 Å². The fraction of sp³-hybridized carbons (Fsp3) is 0.471. The van der Waals surface area contributed by atoms with Crippen LogP contribution < -0.4 is 0 Å². The van der Waals surface area contributed by atoms with Gasteiger partial charge in [-0.1, -0.05) is 30.3 Å². The third-order valence-electron chi connectivity index (χ3n) is 3.46. The van der Waals surface area contributed by atoms with E-state index in [9.17, 15) is 0 Å². The molecule has 0 fully saturated rings. The maximum atomic E-state index is 5.58. The fourth-order valence-electron chi connectivity index (χ4n) is 2.38. The lowest BCUT2D eigenvalue weighted by Gasteiger charge is -2.17. The van der Waals surface area contributed by atoms with Gasteiger partial charge in [0.25, 0.3) is 0 Å². The number of hydrogen-bond acceptors (Lipinski definition) is 3. The first-order valence-electron chi connectivity index (χ1n) is 7.56. The molecule has 114 valence electrons. The molecule has 1 aromatic carbocycles. The van der Waals surface area contributed by atoms with Gasteiger partial charge in [0.2, 0.25) is 0 Å². The second-order valence-electron chi connectivity index (χ2n) is 4.87. The Hall–Kier alpha value is -1.65. The zero-order valence-electron chi connectivity index (χ0n) is 13.1. The average Bonchev–Trinajstić information content (AvgIpc) is 2.87. The molecule has 1 heterocycles. The maximum absolute atomic E-state index is 5.58. The zero-order chi connectivity index (χ0) is 15.1. The van der Waals surface area contributed by atoms with Gasteiger partial charge in [-0.05, 0) is 20.8 Å². The molecule has 0 amide bonds. The monoisotopic (exact) mass is 288 g/mol. The predicted octanol–water partition coefficient (Wildman–Crippen LogP) is 3.65. The van der Waals surface area contributed by atoms with E-state index >= 15 is 0 Å².